The van der Waals surface area contributed by atoms with Gasteiger partial charge in [0.1, 0.15) is 11.8 Å². The Morgan fingerprint density at radius 1 is 1.17 bits per heavy atom. The molecule has 36 heavy (non-hydrogen) atoms. The van der Waals surface area contributed by atoms with Crippen LogP contribution in [0.5, 0.6) is 5.75 Å². The molecule has 0 aliphatic carbocycles. The van der Waals surface area contributed by atoms with Crippen LogP contribution in [0.2, 0.25) is 0 Å². The van der Waals surface area contributed by atoms with E-state index >= 15 is 0 Å². The van der Waals surface area contributed by atoms with E-state index in [9.17, 15) is 18.4 Å². The van der Waals surface area contributed by atoms with Crippen LogP contribution in [0.15, 0.2) is 36.5 Å². The molecule has 3 aliphatic rings. The fraction of sp³-hybridized carbons (Fsp3) is 0.480. The highest BCUT2D eigenvalue weighted by atomic mass is 19.2. The number of nitrogens with zero attached hydrogens (tertiary/aromatic N) is 2. The maximum atomic E-state index is 12.8. The average molecular weight is 505 g/mol. The number of methoxy groups -OCH3 is 1. The first-order chi connectivity index (χ1) is 17.3. The number of ether oxygens (including phenoxy) is 3. The number of piperazine rings is 1. The van der Waals surface area contributed by atoms with E-state index in [0.717, 1.165) is 18.9 Å². The second-order valence-electron chi connectivity index (χ2n) is 9.00. The van der Waals surface area contributed by atoms with Crippen molar-refractivity contribution in [1.29, 1.82) is 0 Å². The van der Waals surface area contributed by atoms with Crippen LogP contribution in [0.3, 0.4) is 0 Å². The zero-order valence-corrected chi connectivity index (χ0v) is 20.2. The summed E-state index contributed by atoms with van der Waals surface area (Å²) in [5, 5.41) is 6.29. The smallest absolute Gasteiger partial charge is 0.272 e. The summed E-state index contributed by atoms with van der Waals surface area (Å²) >= 11 is 0. The summed E-state index contributed by atoms with van der Waals surface area (Å²) in [5.41, 5.74) is 0.902. The van der Waals surface area contributed by atoms with Gasteiger partial charge in [0, 0.05) is 37.1 Å². The molecule has 3 fully saturated rings. The molecule has 4 heterocycles. The lowest BCUT2D eigenvalue weighted by atomic mass is 10.1. The van der Waals surface area contributed by atoms with E-state index in [1.54, 1.807) is 18.3 Å². The maximum Gasteiger partial charge on any atom is 0.272 e. The highest BCUT2D eigenvalue weighted by molar-refractivity contribution is 5.97. The van der Waals surface area contributed by atoms with Crippen molar-refractivity contribution >= 4 is 17.5 Å². The molecule has 0 spiro atoms. The summed E-state index contributed by atoms with van der Waals surface area (Å²) in [6, 6.07) is 7.43. The third-order valence-electron chi connectivity index (χ3n) is 6.19. The molecule has 2 aromatic rings. The second-order valence-corrected chi connectivity index (χ2v) is 9.00. The van der Waals surface area contributed by atoms with Gasteiger partial charge in [0.15, 0.2) is 11.6 Å². The lowest BCUT2D eigenvalue weighted by Gasteiger charge is -2.42. The number of benzene rings is 1. The van der Waals surface area contributed by atoms with Crippen molar-refractivity contribution in [2.24, 2.45) is 0 Å². The topological polar surface area (TPSA) is 102 Å². The molecule has 5 rings (SSSR count). The number of carbonyl (C=O) groups is 2. The molecule has 194 valence electrons. The third kappa shape index (κ3) is 6.34. The van der Waals surface area contributed by atoms with Crippen LogP contribution in [0.25, 0.3) is 0 Å². The number of rotatable bonds is 4. The van der Waals surface area contributed by atoms with Gasteiger partial charge in [-0.2, -0.15) is 4.39 Å². The van der Waals surface area contributed by atoms with Gasteiger partial charge in [0.05, 0.1) is 26.4 Å². The molecule has 4 unspecified atom stereocenters. The minimum Gasteiger partial charge on any atom is -0.494 e. The standard InChI is InChI=1S/C18H24N4O4.C7H6F2O/c1-11-2-3-16(26-11)17(23)21-12-4-5-19-15(6-12)18(24)22-7-13-9-25-10-14(8-22)20-13;1-10-6-4-2-3-5(8)7(6)9/h4-6,11,13-14,16,20H,2-3,7-10H2,1H3,(H,19,21,23);2-4H,1H3. The summed E-state index contributed by atoms with van der Waals surface area (Å²) in [7, 11) is 1.29. The van der Waals surface area contributed by atoms with Crippen molar-refractivity contribution < 1.29 is 32.6 Å². The van der Waals surface area contributed by atoms with Gasteiger partial charge >= 0.3 is 0 Å². The Balaban J connectivity index is 0.000000256. The quantitative estimate of drug-likeness (QED) is 0.659. The van der Waals surface area contributed by atoms with Crippen molar-refractivity contribution in [2.75, 3.05) is 38.7 Å². The fourth-order valence-electron chi connectivity index (χ4n) is 4.41. The molecule has 9 nitrogen and oxygen atoms in total. The molecular formula is C25H30F2N4O5. The number of fused-ring (bicyclic) bond motifs is 2. The summed E-state index contributed by atoms with van der Waals surface area (Å²) in [5.74, 6) is -2.19. The van der Waals surface area contributed by atoms with Crippen molar-refractivity contribution in [2.45, 2.75) is 44.1 Å². The monoisotopic (exact) mass is 504 g/mol. The van der Waals surface area contributed by atoms with Gasteiger partial charge in [-0.1, -0.05) is 6.07 Å². The number of amides is 2. The van der Waals surface area contributed by atoms with Gasteiger partial charge in [0.2, 0.25) is 5.82 Å². The first kappa shape index (κ1) is 25.9. The van der Waals surface area contributed by atoms with E-state index in [4.69, 9.17) is 9.47 Å². The third-order valence-corrected chi connectivity index (χ3v) is 6.19. The molecule has 2 amide bonds. The summed E-state index contributed by atoms with van der Waals surface area (Å²) in [4.78, 5) is 31.1. The molecule has 11 heteroatoms. The van der Waals surface area contributed by atoms with Gasteiger partial charge in [0.25, 0.3) is 11.8 Å². The molecule has 2 N–H and O–H groups in total. The number of hydrogen-bond donors (Lipinski definition) is 2. The van der Waals surface area contributed by atoms with Crippen LogP contribution >= 0.6 is 0 Å². The predicted molar refractivity (Wildman–Crippen MR) is 127 cm³/mol. The van der Waals surface area contributed by atoms with Crippen LogP contribution in [-0.2, 0) is 14.3 Å². The minimum atomic E-state index is -0.940. The second kappa shape index (κ2) is 11.7. The first-order valence-electron chi connectivity index (χ1n) is 11.9. The number of halogens is 2. The van der Waals surface area contributed by atoms with E-state index in [1.165, 1.54) is 19.2 Å². The number of aromatic nitrogens is 1. The lowest BCUT2D eigenvalue weighted by molar-refractivity contribution is -0.126. The minimum absolute atomic E-state index is 0.0694. The largest absolute Gasteiger partial charge is 0.494 e. The Morgan fingerprint density at radius 3 is 2.56 bits per heavy atom. The Bertz CT molecular complexity index is 1080. The molecule has 3 aliphatic heterocycles. The molecule has 4 atom stereocenters. The van der Waals surface area contributed by atoms with E-state index < -0.39 is 17.7 Å². The van der Waals surface area contributed by atoms with Crippen LogP contribution in [0.1, 0.15) is 30.3 Å². The van der Waals surface area contributed by atoms with Crippen molar-refractivity contribution in [1.82, 2.24) is 15.2 Å². The molecule has 3 saturated heterocycles. The zero-order valence-electron chi connectivity index (χ0n) is 20.2. The normalized spacial score (nSPS) is 24.9. The van der Waals surface area contributed by atoms with Gasteiger partial charge in [-0.05, 0) is 44.0 Å². The van der Waals surface area contributed by atoms with Gasteiger partial charge in [-0.25, -0.2) is 4.39 Å². The Kier molecular flexibility index (Phi) is 8.44. The average Bonchev–Trinajstić information content (AvgIpc) is 3.32. The van der Waals surface area contributed by atoms with Crippen LogP contribution < -0.4 is 15.4 Å². The highest BCUT2D eigenvalue weighted by Gasteiger charge is 2.33. The van der Waals surface area contributed by atoms with Crippen LogP contribution in [0.4, 0.5) is 14.5 Å². The van der Waals surface area contributed by atoms with Crippen molar-refractivity contribution in [3.8, 4) is 5.75 Å². The number of hydrogen-bond acceptors (Lipinski definition) is 7. The Morgan fingerprint density at radius 2 is 1.92 bits per heavy atom. The van der Waals surface area contributed by atoms with Crippen molar-refractivity contribution in [3.63, 3.8) is 0 Å². The summed E-state index contributed by atoms with van der Waals surface area (Å²) in [6.07, 6.45) is 2.83. The number of nitrogens with one attached hydrogen (secondary N) is 2. The maximum absolute atomic E-state index is 12.8. The van der Waals surface area contributed by atoms with Crippen LogP contribution in [0, 0.1) is 11.6 Å². The number of anilines is 1. The number of morpholine rings is 1. The molecule has 2 bridgehead atoms. The van der Waals surface area contributed by atoms with Gasteiger partial charge in [-0.15, -0.1) is 0 Å². The highest BCUT2D eigenvalue weighted by Crippen LogP contribution is 2.21. The van der Waals surface area contributed by atoms with E-state index in [1.807, 2.05) is 11.8 Å². The van der Waals surface area contributed by atoms with Gasteiger partial charge < -0.3 is 29.7 Å². The van der Waals surface area contributed by atoms with Crippen LogP contribution in [-0.4, -0.2) is 79.4 Å². The summed E-state index contributed by atoms with van der Waals surface area (Å²) < 4.78 is 40.4. The molecule has 0 saturated carbocycles. The molecule has 0 radical (unpaired) electrons. The SMILES string of the molecule is CC1CCC(C(=O)Nc2ccnc(C(=O)N3CC4COCC(C3)N4)c2)O1.COc1cccc(F)c1F. The zero-order chi connectivity index (χ0) is 25.7. The van der Waals surface area contributed by atoms with Crippen molar-refractivity contribution in [3.05, 3.63) is 53.9 Å². The molecular weight excluding hydrogens is 474 g/mol. The number of carbonyl (C=O) groups excluding carboxylic acids is 2. The predicted octanol–water partition coefficient (Wildman–Crippen LogP) is 2.37. The van der Waals surface area contributed by atoms with E-state index in [0.29, 0.717) is 37.7 Å². The first-order valence-corrected chi connectivity index (χ1v) is 11.9. The van der Waals surface area contributed by atoms with Gasteiger partial charge in [-0.3, -0.25) is 14.6 Å². The van der Waals surface area contributed by atoms with E-state index in [2.05, 4.69) is 20.4 Å². The Labute approximate surface area is 208 Å². The lowest BCUT2D eigenvalue weighted by Crippen LogP contribution is -2.63. The molecule has 1 aromatic heterocycles. The fourth-order valence-corrected chi connectivity index (χ4v) is 4.41. The Hall–Kier alpha value is -3.15. The molecule has 1 aromatic carbocycles. The van der Waals surface area contributed by atoms with E-state index in [-0.39, 0.29) is 35.8 Å². The number of pyridine rings is 1. The summed E-state index contributed by atoms with van der Waals surface area (Å²) in [6.45, 7) is 4.39.